The van der Waals surface area contributed by atoms with Crippen molar-refractivity contribution in [1.82, 2.24) is 4.98 Å². The molecule has 1 rings (SSSR count). The molecule has 0 aliphatic rings. The highest BCUT2D eigenvalue weighted by Gasteiger charge is 2.32. The third kappa shape index (κ3) is 2.90. The van der Waals surface area contributed by atoms with E-state index in [9.17, 15) is 13.2 Å². The predicted molar refractivity (Wildman–Crippen MR) is 45.0 cm³/mol. The zero-order chi connectivity index (χ0) is 10.8. The molecule has 2 nitrogen and oxygen atoms in total. The highest BCUT2D eigenvalue weighted by Crippen LogP contribution is 2.28. The van der Waals surface area contributed by atoms with Gasteiger partial charge in [-0.1, -0.05) is 13.8 Å². The number of hydrogen-bond donors (Lipinski definition) is 0. The third-order valence-corrected chi connectivity index (χ3v) is 1.57. The van der Waals surface area contributed by atoms with Crippen molar-refractivity contribution in [1.29, 1.82) is 0 Å². The average molecular weight is 205 g/mol. The molecule has 0 atom stereocenters. The molecule has 1 aromatic rings. The van der Waals surface area contributed by atoms with Gasteiger partial charge in [-0.25, -0.2) is 0 Å². The normalized spacial score (nSPS) is 11.9. The van der Waals surface area contributed by atoms with Gasteiger partial charge in [0.05, 0.1) is 5.69 Å². The minimum atomic E-state index is -4.66. The fraction of sp³-hybridized carbons (Fsp3) is 0.444. The van der Waals surface area contributed by atoms with Gasteiger partial charge in [0.15, 0.2) is 5.75 Å². The lowest BCUT2D eigenvalue weighted by Gasteiger charge is -2.13. The van der Waals surface area contributed by atoms with Crippen LogP contribution in [0.25, 0.3) is 0 Å². The molecule has 5 heteroatoms. The molecule has 0 spiro atoms. The van der Waals surface area contributed by atoms with Gasteiger partial charge in [-0.3, -0.25) is 4.98 Å². The van der Waals surface area contributed by atoms with Crippen LogP contribution in [0.4, 0.5) is 13.2 Å². The number of pyridine rings is 1. The zero-order valence-corrected chi connectivity index (χ0v) is 7.80. The second kappa shape index (κ2) is 3.86. The highest BCUT2D eigenvalue weighted by molar-refractivity contribution is 5.29. The lowest BCUT2D eigenvalue weighted by atomic mass is 10.1. The van der Waals surface area contributed by atoms with Crippen molar-refractivity contribution < 1.29 is 17.9 Å². The number of rotatable bonds is 2. The molecule has 0 fully saturated rings. The maximum atomic E-state index is 11.9. The van der Waals surface area contributed by atoms with Gasteiger partial charge in [-0.15, -0.1) is 13.2 Å². The Morgan fingerprint density at radius 2 is 2.00 bits per heavy atom. The highest BCUT2D eigenvalue weighted by atomic mass is 19.4. The van der Waals surface area contributed by atoms with E-state index in [1.165, 1.54) is 18.3 Å². The van der Waals surface area contributed by atoms with Gasteiger partial charge in [0, 0.05) is 6.20 Å². The first-order chi connectivity index (χ1) is 6.40. The smallest absolute Gasteiger partial charge is 0.404 e. The van der Waals surface area contributed by atoms with E-state index in [1.54, 1.807) is 13.8 Å². The molecule has 1 aromatic heterocycles. The van der Waals surface area contributed by atoms with Crippen LogP contribution in [0.1, 0.15) is 25.5 Å². The molecular formula is C9H10F3NO. The Morgan fingerprint density at radius 1 is 1.36 bits per heavy atom. The summed E-state index contributed by atoms with van der Waals surface area (Å²) in [6, 6.07) is 2.67. The van der Waals surface area contributed by atoms with Gasteiger partial charge in [0.25, 0.3) is 0 Å². The summed E-state index contributed by atoms with van der Waals surface area (Å²) >= 11 is 0. The molecule has 0 radical (unpaired) electrons. The standard InChI is InChI=1S/C9H10F3NO/c1-6(2)8-7(4-3-5-13-8)14-9(10,11)12/h3-6H,1-2H3. The van der Waals surface area contributed by atoms with Crippen LogP contribution in [0.3, 0.4) is 0 Å². The van der Waals surface area contributed by atoms with Gasteiger partial charge in [-0.05, 0) is 18.1 Å². The molecule has 0 aromatic carbocycles. The van der Waals surface area contributed by atoms with Crippen molar-refractivity contribution in [2.75, 3.05) is 0 Å². The van der Waals surface area contributed by atoms with E-state index in [2.05, 4.69) is 9.72 Å². The first kappa shape index (κ1) is 10.8. The Kier molecular flexibility index (Phi) is 2.98. The second-order valence-corrected chi connectivity index (χ2v) is 3.09. The van der Waals surface area contributed by atoms with E-state index in [0.717, 1.165) is 0 Å². The average Bonchev–Trinajstić information content (AvgIpc) is 2.01. The molecule has 0 saturated carbocycles. The van der Waals surface area contributed by atoms with E-state index in [0.29, 0.717) is 5.69 Å². The molecule has 0 saturated heterocycles. The van der Waals surface area contributed by atoms with Crippen molar-refractivity contribution in [2.45, 2.75) is 26.1 Å². The fourth-order valence-electron chi connectivity index (χ4n) is 1.05. The van der Waals surface area contributed by atoms with Crippen LogP contribution in [0, 0.1) is 0 Å². The molecule has 0 aliphatic carbocycles. The number of aromatic nitrogens is 1. The van der Waals surface area contributed by atoms with Crippen LogP contribution in [0.5, 0.6) is 5.75 Å². The van der Waals surface area contributed by atoms with Crippen LogP contribution in [-0.4, -0.2) is 11.3 Å². The number of halogens is 3. The summed E-state index contributed by atoms with van der Waals surface area (Å²) in [6.45, 7) is 3.51. The SMILES string of the molecule is CC(C)c1ncccc1OC(F)(F)F. The Balaban J connectivity index is 2.96. The molecule has 1 heterocycles. The molecule has 0 bridgehead atoms. The fourth-order valence-corrected chi connectivity index (χ4v) is 1.05. The Bertz CT molecular complexity index is 309. The topological polar surface area (TPSA) is 22.1 Å². The molecule has 14 heavy (non-hydrogen) atoms. The van der Waals surface area contributed by atoms with Crippen molar-refractivity contribution >= 4 is 0 Å². The Hall–Kier alpha value is -1.26. The van der Waals surface area contributed by atoms with Gasteiger partial charge < -0.3 is 4.74 Å². The summed E-state index contributed by atoms with van der Waals surface area (Å²) in [5, 5.41) is 0. The molecule has 0 unspecified atom stereocenters. The summed E-state index contributed by atoms with van der Waals surface area (Å²) < 4.78 is 39.6. The van der Waals surface area contributed by atoms with Crippen molar-refractivity contribution in [3.63, 3.8) is 0 Å². The van der Waals surface area contributed by atoms with E-state index in [1.807, 2.05) is 0 Å². The first-order valence-electron chi connectivity index (χ1n) is 4.11. The number of alkyl halides is 3. The maximum Gasteiger partial charge on any atom is 0.573 e. The minimum Gasteiger partial charge on any atom is -0.404 e. The molecular weight excluding hydrogens is 195 g/mol. The van der Waals surface area contributed by atoms with Gasteiger partial charge in [-0.2, -0.15) is 0 Å². The quantitative estimate of drug-likeness (QED) is 0.740. The van der Waals surface area contributed by atoms with Crippen LogP contribution < -0.4 is 4.74 Å². The summed E-state index contributed by atoms with van der Waals surface area (Å²) in [4.78, 5) is 3.84. The third-order valence-electron chi connectivity index (χ3n) is 1.57. The first-order valence-corrected chi connectivity index (χ1v) is 4.11. The number of nitrogens with zero attached hydrogens (tertiary/aromatic N) is 1. The van der Waals surface area contributed by atoms with Crippen LogP contribution in [-0.2, 0) is 0 Å². The van der Waals surface area contributed by atoms with E-state index in [-0.39, 0.29) is 11.7 Å². The number of hydrogen-bond acceptors (Lipinski definition) is 2. The summed E-state index contributed by atoms with van der Waals surface area (Å²) in [5.74, 6) is -0.330. The van der Waals surface area contributed by atoms with Crippen LogP contribution >= 0.6 is 0 Å². The monoisotopic (exact) mass is 205 g/mol. The van der Waals surface area contributed by atoms with Crippen molar-refractivity contribution in [3.8, 4) is 5.75 Å². The van der Waals surface area contributed by atoms with E-state index < -0.39 is 6.36 Å². The maximum absolute atomic E-state index is 11.9. The van der Waals surface area contributed by atoms with Crippen LogP contribution in [0.2, 0.25) is 0 Å². The largest absolute Gasteiger partial charge is 0.573 e. The number of ether oxygens (including phenoxy) is 1. The molecule has 78 valence electrons. The zero-order valence-electron chi connectivity index (χ0n) is 7.80. The second-order valence-electron chi connectivity index (χ2n) is 3.09. The molecule has 0 N–H and O–H groups in total. The molecule has 0 amide bonds. The molecule has 0 aliphatic heterocycles. The lowest BCUT2D eigenvalue weighted by Crippen LogP contribution is -2.18. The minimum absolute atomic E-state index is 0.103. The van der Waals surface area contributed by atoms with Gasteiger partial charge in [0.2, 0.25) is 0 Å². The Morgan fingerprint density at radius 3 is 2.50 bits per heavy atom. The summed E-state index contributed by atoms with van der Waals surface area (Å²) in [5.41, 5.74) is 0.310. The summed E-state index contributed by atoms with van der Waals surface area (Å²) in [6.07, 6.45) is -3.22. The van der Waals surface area contributed by atoms with Gasteiger partial charge >= 0.3 is 6.36 Å². The van der Waals surface area contributed by atoms with E-state index >= 15 is 0 Å². The lowest BCUT2D eigenvalue weighted by molar-refractivity contribution is -0.275. The Labute approximate surface area is 79.7 Å². The van der Waals surface area contributed by atoms with Crippen LogP contribution in [0.15, 0.2) is 18.3 Å². The van der Waals surface area contributed by atoms with Gasteiger partial charge in [0.1, 0.15) is 0 Å². The van der Waals surface area contributed by atoms with Crippen molar-refractivity contribution in [3.05, 3.63) is 24.0 Å². The van der Waals surface area contributed by atoms with E-state index in [4.69, 9.17) is 0 Å². The summed E-state index contributed by atoms with van der Waals surface area (Å²) in [7, 11) is 0. The van der Waals surface area contributed by atoms with Crippen molar-refractivity contribution in [2.24, 2.45) is 0 Å². The predicted octanol–water partition coefficient (Wildman–Crippen LogP) is 3.10.